The SMILES string of the molecule is Cc1ccc(NC(=O)c2noc3c2CCc2sccc2-3)cc1F. The Balaban J connectivity index is 1.64. The number of fused-ring (bicyclic) bond motifs is 3. The Hall–Kier alpha value is -2.47. The van der Waals surface area contributed by atoms with Gasteiger partial charge in [-0.25, -0.2) is 4.39 Å². The number of aromatic nitrogens is 1. The minimum absolute atomic E-state index is 0.276. The predicted octanol–water partition coefficient (Wildman–Crippen LogP) is 4.20. The van der Waals surface area contributed by atoms with Crippen molar-refractivity contribution in [3.63, 3.8) is 0 Å². The predicted molar refractivity (Wildman–Crippen MR) is 86.3 cm³/mol. The largest absolute Gasteiger partial charge is 0.355 e. The molecule has 1 N–H and O–H groups in total. The molecule has 2 heterocycles. The van der Waals surface area contributed by atoms with E-state index in [1.807, 2.05) is 11.4 Å². The highest BCUT2D eigenvalue weighted by molar-refractivity contribution is 7.10. The first-order valence-electron chi connectivity index (χ1n) is 7.26. The van der Waals surface area contributed by atoms with Crippen molar-refractivity contribution in [3.8, 4) is 11.3 Å². The Morgan fingerprint density at radius 1 is 1.35 bits per heavy atom. The summed E-state index contributed by atoms with van der Waals surface area (Å²) in [6, 6.07) is 6.58. The second-order valence-corrected chi connectivity index (χ2v) is 6.52. The molecule has 0 saturated carbocycles. The average molecular weight is 328 g/mol. The van der Waals surface area contributed by atoms with Crippen LogP contribution in [0.5, 0.6) is 0 Å². The average Bonchev–Trinajstić information content (AvgIpc) is 3.16. The second kappa shape index (κ2) is 5.31. The summed E-state index contributed by atoms with van der Waals surface area (Å²) in [4.78, 5) is 13.7. The van der Waals surface area contributed by atoms with Crippen LogP contribution in [0.15, 0.2) is 34.2 Å². The van der Waals surface area contributed by atoms with E-state index < -0.39 is 0 Å². The molecule has 4 nitrogen and oxygen atoms in total. The number of aryl methyl sites for hydroxylation is 2. The maximum Gasteiger partial charge on any atom is 0.278 e. The lowest BCUT2D eigenvalue weighted by Gasteiger charge is -2.10. The Morgan fingerprint density at radius 3 is 3.04 bits per heavy atom. The van der Waals surface area contributed by atoms with E-state index in [2.05, 4.69) is 10.5 Å². The molecule has 0 saturated heterocycles. The fourth-order valence-corrected chi connectivity index (χ4v) is 3.64. The molecule has 0 unspecified atom stereocenters. The molecule has 0 spiro atoms. The Kier molecular flexibility index (Phi) is 3.27. The fraction of sp³-hybridized carbons (Fsp3) is 0.176. The number of rotatable bonds is 2. The maximum atomic E-state index is 13.6. The zero-order valence-corrected chi connectivity index (χ0v) is 13.2. The van der Waals surface area contributed by atoms with Crippen molar-refractivity contribution in [1.29, 1.82) is 0 Å². The van der Waals surface area contributed by atoms with E-state index in [1.165, 1.54) is 10.9 Å². The molecular weight excluding hydrogens is 315 g/mol. The Labute approximate surface area is 135 Å². The highest BCUT2D eigenvalue weighted by Gasteiger charge is 2.28. The molecule has 4 rings (SSSR count). The van der Waals surface area contributed by atoms with Gasteiger partial charge < -0.3 is 9.84 Å². The van der Waals surface area contributed by atoms with E-state index >= 15 is 0 Å². The molecule has 1 aromatic carbocycles. The van der Waals surface area contributed by atoms with E-state index in [1.54, 1.807) is 30.4 Å². The quantitative estimate of drug-likeness (QED) is 0.767. The molecule has 6 heteroatoms. The van der Waals surface area contributed by atoms with Gasteiger partial charge in [-0.1, -0.05) is 11.2 Å². The molecule has 0 aliphatic heterocycles. The molecule has 0 radical (unpaired) electrons. The number of benzene rings is 1. The lowest BCUT2D eigenvalue weighted by Crippen LogP contribution is -2.15. The van der Waals surface area contributed by atoms with Crippen LogP contribution in [0.2, 0.25) is 0 Å². The van der Waals surface area contributed by atoms with Crippen molar-refractivity contribution in [3.05, 3.63) is 57.2 Å². The van der Waals surface area contributed by atoms with Crippen LogP contribution in [0.4, 0.5) is 10.1 Å². The van der Waals surface area contributed by atoms with Crippen molar-refractivity contribution >= 4 is 22.9 Å². The van der Waals surface area contributed by atoms with E-state index in [9.17, 15) is 9.18 Å². The summed E-state index contributed by atoms with van der Waals surface area (Å²) in [6.45, 7) is 1.67. The van der Waals surface area contributed by atoms with Crippen LogP contribution < -0.4 is 5.32 Å². The van der Waals surface area contributed by atoms with Crippen LogP contribution >= 0.6 is 11.3 Å². The van der Waals surface area contributed by atoms with Gasteiger partial charge in [0.15, 0.2) is 11.5 Å². The number of carbonyl (C=O) groups is 1. The maximum absolute atomic E-state index is 13.6. The number of nitrogens with zero attached hydrogens (tertiary/aromatic N) is 1. The van der Waals surface area contributed by atoms with Crippen LogP contribution in [0.3, 0.4) is 0 Å². The number of hydrogen-bond donors (Lipinski definition) is 1. The number of amides is 1. The van der Waals surface area contributed by atoms with Gasteiger partial charge in [0.25, 0.3) is 5.91 Å². The number of thiophene rings is 1. The molecule has 1 aliphatic carbocycles. The van der Waals surface area contributed by atoms with Crippen molar-refractivity contribution in [2.75, 3.05) is 5.32 Å². The first-order chi connectivity index (χ1) is 11.1. The number of carbonyl (C=O) groups excluding carboxylic acids is 1. The Morgan fingerprint density at radius 2 is 2.22 bits per heavy atom. The summed E-state index contributed by atoms with van der Waals surface area (Å²) in [5, 5.41) is 8.63. The summed E-state index contributed by atoms with van der Waals surface area (Å²) in [7, 11) is 0. The molecule has 1 amide bonds. The van der Waals surface area contributed by atoms with E-state index in [0.29, 0.717) is 17.0 Å². The summed E-state index contributed by atoms with van der Waals surface area (Å²) in [5.41, 5.74) is 3.05. The normalized spacial score (nSPS) is 12.6. The number of halogens is 1. The minimum atomic E-state index is -0.378. The molecule has 0 atom stereocenters. The fourth-order valence-electron chi connectivity index (χ4n) is 2.77. The highest BCUT2D eigenvalue weighted by Crippen LogP contribution is 2.38. The topological polar surface area (TPSA) is 55.1 Å². The molecule has 3 aromatic rings. The van der Waals surface area contributed by atoms with Crippen LogP contribution in [-0.2, 0) is 12.8 Å². The second-order valence-electron chi connectivity index (χ2n) is 5.51. The summed E-state index contributed by atoms with van der Waals surface area (Å²) in [6.07, 6.45) is 1.60. The smallest absolute Gasteiger partial charge is 0.278 e. The molecular formula is C17H13FN2O2S. The number of anilines is 1. The van der Waals surface area contributed by atoms with Crippen LogP contribution in [0.1, 0.15) is 26.5 Å². The summed E-state index contributed by atoms with van der Waals surface area (Å²) < 4.78 is 19.0. The first-order valence-corrected chi connectivity index (χ1v) is 8.14. The van der Waals surface area contributed by atoms with Gasteiger partial charge in [0, 0.05) is 21.7 Å². The van der Waals surface area contributed by atoms with Gasteiger partial charge in [0.05, 0.1) is 0 Å². The van der Waals surface area contributed by atoms with Gasteiger partial charge in [-0.15, -0.1) is 11.3 Å². The lowest BCUT2D eigenvalue weighted by atomic mass is 9.95. The highest BCUT2D eigenvalue weighted by atomic mass is 32.1. The number of nitrogens with one attached hydrogen (secondary N) is 1. The molecule has 2 aromatic heterocycles. The van der Waals surface area contributed by atoms with Crippen LogP contribution in [-0.4, -0.2) is 11.1 Å². The third-order valence-corrected chi connectivity index (χ3v) is 5.01. The molecule has 0 fully saturated rings. The molecule has 1 aliphatic rings. The van der Waals surface area contributed by atoms with Gasteiger partial charge >= 0.3 is 0 Å². The van der Waals surface area contributed by atoms with Gasteiger partial charge in [0.1, 0.15) is 5.82 Å². The zero-order valence-electron chi connectivity index (χ0n) is 12.4. The van der Waals surface area contributed by atoms with Gasteiger partial charge in [-0.3, -0.25) is 4.79 Å². The standard InChI is InChI=1S/C17H13FN2O2S/c1-9-2-3-10(8-13(9)18)19-17(21)15-12-4-5-14-11(6-7-23-14)16(12)22-20-15/h2-3,6-8H,4-5H2,1H3,(H,19,21). The van der Waals surface area contributed by atoms with Crippen LogP contribution in [0.25, 0.3) is 11.3 Å². The van der Waals surface area contributed by atoms with Crippen molar-refractivity contribution in [2.24, 2.45) is 0 Å². The van der Waals surface area contributed by atoms with Crippen molar-refractivity contribution in [1.82, 2.24) is 5.16 Å². The summed E-state index contributed by atoms with van der Waals surface area (Å²) in [5.74, 6) is -0.0578. The monoisotopic (exact) mass is 328 g/mol. The van der Waals surface area contributed by atoms with Gasteiger partial charge in [-0.2, -0.15) is 0 Å². The molecule has 0 bridgehead atoms. The lowest BCUT2D eigenvalue weighted by molar-refractivity contribution is 0.101. The molecule has 116 valence electrons. The third kappa shape index (κ3) is 2.35. The Bertz CT molecular complexity index is 913. The van der Waals surface area contributed by atoms with Crippen molar-refractivity contribution in [2.45, 2.75) is 19.8 Å². The number of hydrogen-bond acceptors (Lipinski definition) is 4. The first kappa shape index (κ1) is 14.1. The summed E-state index contributed by atoms with van der Waals surface area (Å²) >= 11 is 1.68. The van der Waals surface area contributed by atoms with E-state index in [-0.39, 0.29) is 17.4 Å². The van der Waals surface area contributed by atoms with Gasteiger partial charge in [-0.05, 0) is 48.9 Å². The van der Waals surface area contributed by atoms with E-state index in [4.69, 9.17) is 4.52 Å². The molecule has 23 heavy (non-hydrogen) atoms. The minimum Gasteiger partial charge on any atom is -0.355 e. The van der Waals surface area contributed by atoms with Gasteiger partial charge in [0.2, 0.25) is 0 Å². The van der Waals surface area contributed by atoms with Crippen molar-refractivity contribution < 1.29 is 13.7 Å². The zero-order chi connectivity index (χ0) is 16.0. The third-order valence-electron chi connectivity index (χ3n) is 4.03. The van der Waals surface area contributed by atoms with E-state index in [0.717, 1.165) is 24.0 Å². The van der Waals surface area contributed by atoms with Crippen LogP contribution in [0, 0.1) is 12.7 Å².